The van der Waals surface area contributed by atoms with Crippen molar-refractivity contribution in [2.24, 2.45) is 5.92 Å². The van der Waals surface area contributed by atoms with E-state index in [1.54, 1.807) is 6.20 Å². The zero-order valence-electron chi connectivity index (χ0n) is 13.8. The average molecular weight is 323 g/mol. The largest absolute Gasteiger partial charge is 0.444 e. The number of nitrogens with zero attached hydrogens (tertiary/aromatic N) is 1. The second kappa shape index (κ2) is 8.08. The summed E-state index contributed by atoms with van der Waals surface area (Å²) in [5, 5.41) is 5.97. The number of carbonyl (C=O) groups is 1. The molecule has 0 saturated heterocycles. The van der Waals surface area contributed by atoms with Gasteiger partial charge in [0, 0.05) is 6.20 Å². The first-order valence-electron chi connectivity index (χ1n) is 7.36. The zero-order chi connectivity index (χ0) is 16.8. The fourth-order valence-corrected chi connectivity index (χ4v) is 2.16. The highest BCUT2D eigenvalue weighted by molar-refractivity contribution is 7.80. The summed E-state index contributed by atoms with van der Waals surface area (Å²) < 4.78 is 5.28. The van der Waals surface area contributed by atoms with Gasteiger partial charge < -0.3 is 15.4 Å². The molecule has 1 aromatic rings. The molecular weight excluding hydrogens is 298 g/mol. The van der Waals surface area contributed by atoms with E-state index in [1.807, 2.05) is 52.8 Å². The molecule has 122 valence electrons. The number of hydrogen-bond acceptors (Lipinski definition) is 4. The molecule has 0 radical (unpaired) electrons. The third-order valence-corrected chi connectivity index (χ3v) is 3.19. The fourth-order valence-electron chi connectivity index (χ4n) is 1.76. The molecule has 1 amide bonds. The molecule has 0 aliphatic carbocycles. The first-order chi connectivity index (χ1) is 10.2. The van der Waals surface area contributed by atoms with Gasteiger partial charge in [-0.3, -0.25) is 4.98 Å². The Morgan fingerprint density at radius 1 is 1.36 bits per heavy atom. The summed E-state index contributed by atoms with van der Waals surface area (Å²) in [4.78, 5) is 16.7. The van der Waals surface area contributed by atoms with Crippen LogP contribution in [-0.4, -0.2) is 27.7 Å². The summed E-state index contributed by atoms with van der Waals surface area (Å²) in [6.07, 6.45) is 1.27. The monoisotopic (exact) mass is 323 g/mol. The van der Waals surface area contributed by atoms with Crippen molar-refractivity contribution < 1.29 is 9.53 Å². The molecule has 0 aromatic carbocycles. The predicted molar refractivity (Wildman–Crippen MR) is 91.7 cm³/mol. The number of carbonyl (C=O) groups excluding carboxylic acids is 1. The number of aromatic nitrogens is 1. The number of amides is 1. The van der Waals surface area contributed by atoms with Crippen LogP contribution in [0.15, 0.2) is 24.4 Å². The van der Waals surface area contributed by atoms with Crippen LogP contribution in [0, 0.1) is 5.92 Å². The number of ether oxygens (including phenoxy) is 1. The Labute approximate surface area is 137 Å². The van der Waals surface area contributed by atoms with E-state index in [0.29, 0.717) is 11.5 Å². The van der Waals surface area contributed by atoms with Crippen LogP contribution in [-0.2, 0) is 11.3 Å². The molecule has 0 spiro atoms. The minimum absolute atomic E-state index is 0.149. The molecule has 22 heavy (non-hydrogen) atoms. The van der Waals surface area contributed by atoms with Crippen LogP contribution in [0.4, 0.5) is 4.79 Å². The fraction of sp³-hybridized carbons (Fsp3) is 0.562. The third kappa shape index (κ3) is 6.85. The summed E-state index contributed by atoms with van der Waals surface area (Å²) >= 11 is 5.40. The summed E-state index contributed by atoms with van der Waals surface area (Å²) in [7, 11) is 0. The normalized spacial score (nSPS) is 12.6. The van der Waals surface area contributed by atoms with Gasteiger partial charge in [-0.2, -0.15) is 0 Å². The first-order valence-corrected chi connectivity index (χ1v) is 7.77. The highest BCUT2D eigenvalue weighted by Gasteiger charge is 2.24. The number of rotatable bonds is 5. The van der Waals surface area contributed by atoms with Crippen LogP contribution in [0.5, 0.6) is 0 Å². The molecule has 0 aliphatic rings. The lowest BCUT2D eigenvalue weighted by atomic mass is 10.0. The maximum atomic E-state index is 11.9. The van der Waals surface area contributed by atoms with E-state index in [4.69, 9.17) is 17.0 Å². The number of nitrogens with one attached hydrogen (secondary N) is 2. The Morgan fingerprint density at radius 3 is 2.55 bits per heavy atom. The summed E-state index contributed by atoms with van der Waals surface area (Å²) in [6, 6.07) is 5.42. The topological polar surface area (TPSA) is 63.2 Å². The third-order valence-electron chi connectivity index (χ3n) is 2.79. The van der Waals surface area contributed by atoms with Crippen LogP contribution < -0.4 is 10.6 Å². The van der Waals surface area contributed by atoms with E-state index < -0.39 is 11.7 Å². The van der Waals surface area contributed by atoms with Gasteiger partial charge in [0.1, 0.15) is 5.60 Å². The zero-order valence-corrected chi connectivity index (χ0v) is 14.7. The second-order valence-electron chi connectivity index (χ2n) is 6.41. The van der Waals surface area contributed by atoms with Crippen LogP contribution >= 0.6 is 12.2 Å². The van der Waals surface area contributed by atoms with Crippen molar-refractivity contribution in [2.75, 3.05) is 0 Å². The second-order valence-corrected chi connectivity index (χ2v) is 6.85. The average Bonchev–Trinajstić information content (AvgIpc) is 2.41. The highest BCUT2D eigenvalue weighted by Crippen LogP contribution is 2.09. The Kier molecular flexibility index (Phi) is 6.74. The molecule has 6 heteroatoms. The molecule has 1 rings (SSSR count). The number of hydrogen-bond donors (Lipinski definition) is 2. The van der Waals surface area contributed by atoms with Crippen molar-refractivity contribution in [3.63, 3.8) is 0 Å². The molecule has 5 nitrogen and oxygen atoms in total. The van der Waals surface area contributed by atoms with Crippen molar-refractivity contribution in [1.82, 2.24) is 15.6 Å². The van der Waals surface area contributed by atoms with Crippen molar-refractivity contribution in [1.29, 1.82) is 0 Å². The number of alkyl carbamates (subject to hydrolysis) is 1. The van der Waals surface area contributed by atoms with E-state index in [9.17, 15) is 4.79 Å². The molecule has 1 atom stereocenters. The molecule has 0 aliphatic heterocycles. The van der Waals surface area contributed by atoms with Gasteiger partial charge in [-0.05, 0) is 38.8 Å². The van der Waals surface area contributed by atoms with Gasteiger partial charge in [-0.15, -0.1) is 0 Å². The summed E-state index contributed by atoms with van der Waals surface area (Å²) in [6.45, 7) is 10.0. The number of pyridine rings is 1. The lowest BCUT2D eigenvalue weighted by Gasteiger charge is -2.26. The maximum Gasteiger partial charge on any atom is 0.408 e. The molecule has 0 unspecified atom stereocenters. The van der Waals surface area contributed by atoms with Gasteiger partial charge in [-0.25, -0.2) is 4.79 Å². The highest BCUT2D eigenvalue weighted by atomic mass is 32.1. The van der Waals surface area contributed by atoms with Crippen LogP contribution in [0.25, 0.3) is 0 Å². The molecule has 0 fully saturated rings. The van der Waals surface area contributed by atoms with Crippen molar-refractivity contribution >= 4 is 23.3 Å². The SMILES string of the molecule is CC(C)[C@H](NC(=O)OC(C)(C)C)C(=S)NCc1ccccn1. The van der Waals surface area contributed by atoms with Crippen LogP contribution in [0.3, 0.4) is 0 Å². The van der Waals surface area contributed by atoms with Crippen LogP contribution in [0.1, 0.15) is 40.3 Å². The van der Waals surface area contributed by atoms with Crippen molar-refractivity contribution in [2.45, 2.75) is 52.8 Å². The van der Waals surface area contributed by atoms with Crippen molar-refractivity contribution in [3.8, 4) is 0 Å². The summed E-state index contributed by atoms with van der Waals surface area (Å²) in [5.41, 5.74) is 0.360. The quantitative estimate of drug-likeness (QED) is 0.816. The Morgan fingerprint density at radius 2 is 2.05 bits per heavy atom. The Balaban J connectivity index is 2.58. The van der Waals surface area contributed by atoms with Gasteiger partial charge in [0.05, 0.1) is 23.3 Å². The molecule has 1 heterocycles. The van der Waals surface area contributed by atoms with E-state index in [-0.39, 0.29) is 12.0 Å². The van der Waals surface area contributed by atoms with Gasteiger partial charge in [0.15, 0.2) is 0 Å². The predicted octanol–water partition coefficient (Wildman–Crippen LogP) is 3.05. The minimum Gasteiger partial charge on any atom is -0.444 e. The van der Waals surface area contributed by atoms with Crippen molar-refractivity contribution in [3.05, 3.63) is 30.1 Å². The molecule has 0 saturated carbocycles. The molecule has 0 bridgehead atoms. The van der Waals surface area contributed by atoms with Gasteiger partial charge in [0.2, 0.25) is 0 Å². The summed E-state index contributed by atoms with van der Waals surface area (Å²) in [5.74, 6) is 0.149. The van der Waals surface area contributed by atoms with E-state index >= 15 is 0 Å². The molecular formula is C16H25N3O2S. The lowest BCUT2D eigenvalue weighted by molar-refractivity contribution is 0.0508. The van der Waals surface area contributed by atoms with E-state index in [2.05, 4.69) is 15.6 Å². The molecule has 2 N–H and O–H groups in total. The van der Waals surface area contributed by atoms with Gasteiger partial charge in [-0.1, -0.05) is 32.1 Å². The maximum absolute atomic E-state index is 11.9. The van der Waals surface area contributed by atoms with E-state index in [0.717, 1.165) is 5.69 Å². The number of thiocarbonyl (C=S) groups is 1. The van der Waals surface area contributed by atoms with Crippen LogP contribution in [0.2, 0.25) is 0 Å². The van der Waals surface area contributed by atoms with E-state index in [1.165, 1.54) is 0 Å². The van der Waals surface area contributed by atoms with Gasteiger partial charge in [0.25, 0.3) is 0 Å². The Bertz CT molecular complexity index is 498. The smallest absolute Gasteiger partial charge is 0.408 e. The first kappa shape index (κ1) is 18.4. The minimum atomic E-state index is -0.533. The molecule has 1 aromatic heterocycles. The Hall–Kier alpha value is -1.69. The lowest BCUT2D eigenvalue weighted by Crippen LogP contribution is -2.49. The van der Waals surface area contributed by atoms with Gasteiger partial charge >= 0.3 is 6.09 Å². The standard InChI is InChI=1S/C16H25N3O2S/c1-11(2)13(19-15(20)21-16(3,4)5)14(22)18-10-12-8-6-7-9-17-12/h6-9,11,13H,10H2,1-5H3,(H,18,22)(H,19,20)/t13-/m0/s1.